The van der Waals surface area contributed by atoms with Crippen molar-refractivity contribution >= 4 is 16.7 Å². The predicted molar refractivity (Wildman–Crippen MR) is 100 cm³/mol. The number of carbonyl (C=O) groups is 1. The molecule has 2 aromatic rings. The summed E-state index contributed by atoms with van der Waals surface area (Å²) >= 11 is 0. The first kappa shape index (κ1) is 19.7. The quantitative estimate of drug-likeness (QED) is 0.773. The average Bonchev–Trinajstić information content (AvgIpc) is 2.77. The second-order valence-corrected chi connectivity index (χ2v) is 8.91. The Morgan fingerprint density at radius 3 is 2.19 bits per heavy atom. The molecule has 2 aromatic carbocycles. The molecule has 1 fully saturated rings. The summed E-state index contributed by atoms with van der Waals surface area (Å²) in [6, 6.07) is 8.78. The third kappa shape index (κ3) is 3.81. The van der Waals surface area contributed by atoms with Crippen molar-refractivity contribution in [2.24, 2.45) is 0 Å². The van der Waals surface area contributed by atoms with E-state index in [1.54, 1.807) is 26.0 Å². The van der Waals surface area contributed by atoms with Crippen LogP contribution in [0.4, 0.5) is 13.2 Å². The van der Waals surface area contributed by atoms with Crippen LogP contribution < -0.4 is 5.43 Å². The molecule has 6 heteroatoms. The van der Waals surface area contributed by atoms with Crippen LogP contribution in [-0.2, 0) is 10.2 Å². The van der Waals surface area contributed by atoms with Crippen molar-refractivity contribution in [3.8, 4) is 0 Å². The lowest BCUT2D eigenvalue weighted by atomic mass is 9.85. The largest absolute Gasteiger partial charge is 0.409 e. The maximum atomic E-state index is 14.0. The van der Waals surface area contributed by atoms with Gasteiger partial charge in [-0.1, -0.05) is 51.1 Å². The molecule has 1 N–H and O–H groups in total. The number of hydrogen-bond donors (Lipinski definition) is 1. The van der Waals surface area contributed by atoms with Gasteiger partial charge in [-0.25, -0.2) is 0 Å². The van der Waals surface area contributed by atoms with E-state index in [-0.39, 0.29) is 17.4 Å². The van der Waals surface area contributed by atoms with Crippen LogP contribution >= 0.6 is 0 Å². The van der Waals surface area contributed by atoms with Crippen LogP contribution in [0.1, 0.15) is 58.2 Å². The molecule has 1 amide bonds. The minimum Gasteiger partial charge on any atom is -0.287 e. The molecule has 27 heavy (non-hydrogen) atoms. The van der Waals surface area contributed by atoms with E-state index in [0.29, 0.717) is 0 Å². The maximum Gasteiger partial charge on any atom is 0.409 e. The molecular weight excluding hydrogens is 353 g/mol. The molecule has 1 aliphatic heterocycles. The standard InChI is InChI=1S/C21H25F3N2O/c1-19(2,3)16-9-8-13-6-7-14(10-15(13)11-16)18(21(22,23)24)26-20(4,5)12-17(27)25-26/h6-11,18H,12H2,1-5H3,(H,25,27). The summed E-state index contributed by atoms with van der Waals surface area (Å²) in [5.74, 6) is -0.398. The van der Waals surface area contributed by atoms with Gasteiger partial charge in [-0.2, -0.15) is 18.2 Å². The monoisotopic (exact) mass is 378 g/mol. The first-order chi connectivity index (χ1) is 12.3. The molecule has 3 rings (SSSR count). The van der Waals surface area contributed by atoms with E-state index in [0.717, 1.165) is 21.3 Å². The number of nitrogens with zero attached hydrogens (tertiary/aromatic N) is 1. The molecule has 0 spiro atoms. The molecule has 1 aliphatic rings. The first-order valence-corrected chi connectivity index (χ1v) is 8.99. The molecule has 1 atom stereocenters. The van der Waals surface area contributed by atoms with Crippen molar-refractivity contribution in [2.45, 2.75) is 64.2 Å². The highest BCUT2D eigenvalue weighted by Crippen LogP contribution is 2.43. The van der Waals surface area contributed by atoms with Gasteiger partial charge in [0.2, 0.25) is 5.91 Å². The number of nitrogens with one attached hydrogen (secondary N) is 1. The van der Waals surface area contributed by atoms with Gasteiger partial charge in [0.05, 0.1) is 0 Å². The lowest BCUT2D eigenvalue weighted by Gasteiger charge is -2.38. The summed E-state index contributed by atoms with van der Waals surface area (Å²) in [7, 11) is 0. The molecule has 1 saturated heterocycles. The summed E-state index contributed by atoms with van der Waals surface area (Å²) in [5.41, 5.74) is 2.56. The smallest absolute Gasteiger partial charge is 0.287 e. The Balaban J connectivity index is 2.12. The number of hydrogen-bond acceptors (Lipinski definition) is 2. The van der Waals surface area contributed by atoms with Crippen LogP contribution in [0.25, 0.3) is 10.8 Å². The van der Waals surface area contributed by atoms with Crippen LogP contribution in [0.5, 0.6) is 0 Å². The fourth-order valence-electron chi connectivity index (χ4n) is 3.60. The molecule has 0 aromatic heterocycles. The Kier molecular flexibility index (Phi) is 4.54. The number of alkyl halides is 3. The molecule has 0 aliphatic carbocycles. The van der Waals surface area contributed by atoms with Crippen LogP contribution in [-0.4, -0.2) is 22.6 Å². The summed E-state index contributed by atoms with van der Waals surface area (Å²) in [6.07, 6.45) is -4.49. The molecule has 1 unspecified atom stereocenters. The Hall–Kier alpha value is -2.08. The van der Waals surface area contributed by atoms with Gasteiger partial charge in [-0.3, -0.25) is 10.2 Å². The zero-order chi connectivity index (χ0) is 20.2. The van der Waals surface area contributed by atoms with E-state index >= 15 is 0 Å². The fraction of sp³-hybridized carbons (Fsp3) is 0.476. The van der Waals surface area contributed by atoms with Gasteiger partial charge in [0.25, 0.3) is 0 Å². The van der Waals surface area contributed by atoms with Gasteiger partial charge >= 0.3 is 6.18 Å². The van der Waals surface area contributed by atoms with Crippen molar-refractivity contribution in [1.82, 2.24) is 10.4 Å². The summed E-state index contributed by atoms with van der Waals surface area (Å²) in [4.78, 5) is 11.8. The van der Waals surface area contributed by atoms with Gasteiger partial charge in [0, 0.05) is 12.0 Å². The topological polar surface area (TPSA) is 32.3 Å². The molecule has 146 valence electrons. The van der Waals surface area contributed by atoms with E-state index in [4.69, 9.17) is 0 Å². The zero-order valence-electron chi connectivity index (χ0n) is 16.2. The third-order valence-electron chi connectivity index (χ3n) is 5.10. The van der Waals surface area contributed by atoms with Crippen LogP contribution in [0.15, 0.2) is 36.4 Å². The fourth-order valence-corrected chi connectivity index (χ4v) is 3.60. The van der Waals surface area contributed by atoms with E-state index < -0.39 is 23.7 Å². The summed E-state index contributed by atoms with van der Waals surface area (Å²) in [6.45, 7) is 9.49. The maximum absolute atomic E-state index is 14.0. The number of hydrazine groups is 1. The van der Waals surface area contributed by atoms with E-state index in [1.165, 1.54) is 6.07 Å². The first-order valence-electron chi connectivity index (χ1n) is 8.99. The number of rotatable bonds is 2. The Morgan fingerprint density at radius 2 is 1.67 bits per heavy atom. The van der Waals surface area contributed by atoms with E-state index in [9.17, 15) is 18.0 Å². The van der Waals surface area contributed by atoms with Crippen molar-refractivity contribution < 1.29 is 18.0 Å². The molecule has 1 heterocycles. The van der Waals surface area contributed by atoms with Crippen LogP contribution in [0.3, 0.4) is 0 Å². The molecule has 0 bridgehead atoms. The highest BCUT2D eigenvalue weighted by Gasteiger charge is 2.52. The van der Waals surface area contributed by atoms with Gasteiger partial charge < -0.3 is 0 Å². The number of fused-ring (bicyclic) bond motifs is 1. The average molecular weight is 378 g/mol. The lowest BCUT2D eigenvalue weighted by Crippen LogP contribution is -2.51. The van der Waals surface area contributed by atoms with Gasteiger partial charge in [-0.15, -0.1) is 0 Å². The normalized spacial score (nSPS) is 19.3. The van der Waals surface area contributed by atoms with E-state index in [1.807, 2.05) is 18.2 Å². The minimum absolute atomic E-state index is 0.0291. The number of benzene rings is 2. The number of halogens is 3. The number of carbonyl (C=O) groups excluding carboxylic acids is 1. The molecule has 0 saturated carbocycles. The Bertz CT molecular complexity index is 881. The minimum atomic E-state index is -4.52. The van der Waals surface area contributed by atoms with Crippen LogP contribution in [0.2, 0.25) is 0 Å². The SMILES string of the molecule is CC(C)(C)c1ccc2ccc(C(N3NC(=O)CC3(C)C)C(F)(F)F)cc2c1. The second-order valence-electron chi connectivity index (χ2n) is 8.91. The van der Waals surface area contributed by atoms with Crippen molar-refractivity contribution in [2.75, 3.05) is 0 Å². The van der Waals surface area contributed by atoms with Gasteiger partial charge in [0.15, 0.2) is 6.04 Å². The summed E-state index contributed by atoms with van der Waals surface area (Å²) < 4.78 is 42.0. The lowest BCUT2D eigenvalue weighted by molar-refractivity contribution is -0.203. The Morgan fingerprint density at radius 1 is 1.04 bits per heavy atom. The second kappa shape index (κ2) is 6.23. The molecule has 0 radical (unpaired) electrons. The highest BCUT2D eigenvalue weighted by atomic mass is 19.4. The van der Waals surface area contributed by atoms with Crippen molar-refractivity contribution in [3.05, 3.63) is 47.5 Å². The molecule has 3 nitrogen and oxygen atoms in total. The van der Waals surface area contributed by atoms with Crippen molar-refractivity contribution in [3.63, 3.8) is 0 Å². The third-order valence-corrected chi connectivity index (χ3v) is 5.10. The molecular formula is C21H25F3N2O. The zero-order valence-corrected chi connectivity index (χ0v) is 16.2. The Labute approximate surface area is 157 Å². The highest BCUT2D eigenvalue weighted by molar-refractivity contribution is 5.84. The predicted octanol–water partition coefficient (Wildman–Crippen LogP) is 5.26. The van der Waals surface area contributed by atoms with Crippen molar-refractivity contribution in [1.29, 1.82) is 0 Å². The van der Waals surface area contributed by atoms with Crippen LogP contribution in [0, 0.1) is 0 Å². The number of amides is 1. The van der Waals surface area contributed by atoms with Gasteiger partial charge in [-0.05, 0) is 47.2 Å². The van der Waals surface area contributed by atoms with E-state index in [2.05, 4.69) is 26.2 Å². The summed E-state index contributed by atoms with van der Waals surface area (Å²) in [5, 5.41) is 2.69. The van der Waals surface area contributed by atoms with Gasteiger partial charge in [0.1, 0.15) is 0 Å².